The fraction of sp³-hybridized carbons (Fsp3) is 0.586. The van der Waals surface area contributed by atoms with Crippen LogP contribution in [0.2, 0.25) is 0 Å². The van der Waals surface area contributed by atoms with Crippen LogP contribution >= 0.6 is 0 Å². The summed E-state index contributed by atoms with van der Waals surface area (Å²) in [5, 5.41) is 0. The van der Waals surface area contributed by atoms with E-state index in [9.17, 15) is 4.79 Å². The van der Waals surface area contributed by atoms with Crippen LogP contribution < -0.4 is 16.4 Å². The second-order valence-corrected chi connectivity index (χ2v) is 12.9. The van der Waals surface area contributed by atoms with Crippen molar-refractivity contribution < 1.29 is 19.0 Å². The highest BCUT2D eigenvalue weighted by Gasteiger charge is 2.56. The molecule has 1 aliphatic carbocycles. The number of benzene rings is 1. The van der Waals surface area contributed by atoms with Gasteiger partial charge >= 0.3 is 6.03 Å². The number of aromatic nitrogens is 4. The van der Waals surface area contributed by atoms with Crippen LogP contribution in [0.4, 0.5) is 16.3 Å². The van der Waals surface area contributed by atoms with Crippen LogP contribution in [-0.4, -0.2) is 80.2 Å². The molecule has 2 aromatic heterocycles. The molecule has 2 amide bonds. The summed E-state index contributed by atoms with van der Waals surface area (Å²) in [6, 6.07) is 8.02. The molecule has 6 rings (SSSR count). The lowest BCUT2D eigenvalue weighted by molar-refractivity contribution is -0.198. The molecule has 2 saturated heterocycles. The van der Waals surface area contributed by atoms with Crippen molar-refractivity contribution in [2.24, 2.45) is 5.73 Å². The van der Waals surface area contributed by atoms with Gasteiger partial charge in [-0.3, -0.25) is 9.47 Å². The van der Waals surface area contributed by atoms with Gasteiger partial charge in [0.1, 0.15) is 30.2 Å². The molecule has 12 nitrogen and oxygen atoms in total. The minimum Gasteiger partial charge on any atom is -0.382 e. The molecule has 1 aromatic carbocycles. The average Bonchev–Trinajstić information content (AvgIpc) is 3.52. The maximum atomic E-state index is 12.5. The topological polar surface area (TPSA) is 147 Å². The van der Waals surface area contributed by atoms with Gasteiger partial charge in [-0.15, -0.1) is 0 Å². The molecule has 3 fully saturated rings. The Morgan fingerprint density at radius 2 is 1.76 bits per heavy atom. The third kappa shape index (κ3) is 5.03. The molecule has 4 heterocycles. The normalized spacial score (nSPS) is 29.0. The van der Waals surface area contributed by atoms with Crippen molar-refractivity contribution in [2.45, 2.75) is 95.3 Å². The summed E-state index contributed by atoms with van der Waals surface area (Å²) < 4.78 is 21.1. The van der Waals surface area contributed by atoms with Crippen LogP contribution in [0.5, 0.6) is 0 Å². The van der Waals surface area contributed by atoms with E-state index < -0.39 is 18.0 Å². The van der Waals surface area contributed by atoms with E-state index in [4.69, 9.17) is 25.7 Å². The van der Waals surface area contributed by atoms with Crippen LogP contribution in [0.1, 0.15) is 59.3 Å². The Kier molecular flexibility index (Phi) is 6.72. The van der Waals surface area contributed by atoms with E-state index in [0.717, 1.165) is 18.5 Å². The second kappa shape index (κ2) is 9.90. The number of carbonyl (C=O) groups excluding carboxylic acids is 1. The van der Waals surface area contributed by atoms with E-state index in [1.165, 1.54) is 11.9 Å². The zero-order valence-corrected chi connectivity index (χ0v) is 24.5. The van der Waals surface area contributed by atoms with E-state index >= 15 is 0 Å². The Bertz CT molecular complexity index is 1430. The molecule has 12 heteroatoms. The molecule has 0 unspecified atom stereocenters. The van der Waals surface area contributed by atoms with Crippen LogP contribution in [0.25, 0.3) is 11.2 Å². The SMILES string of the molecule is CN(C[C@H]1O[C@@H](n2cnc3c(N)ncnc32)[C@@H]2OC(C)(C)O[C@@H]21)C1CC(N(C(N)=O)c2ccc(C(C)(C)C)cc2)C1. The maximum Gasteiger partial charge on any atom is 0.319 e. The van der Waals surface area contributed by atoms with Crippen LogP contribution in [0.3, 0.4) is 0 Å². The minimum atomic E-state index is -0.745. The van der Waals surface area contributed by atoms with E-state index in [-0.39, 0.29) is 35.8 Å². The molecule has 0 spiro atoms. The van der Waals surface area contributed by atoms with Crippen molar-refractivity contribution in [2.75, 3.05) is 24.2 Å². The molecular formula is C29H40N8O4. The van der Waals surface area contributed by atoms with Gasteiger partial charge in [-0.05, 0) is 56.8 Å². The van der Waals surface area contributed by atoms with Gasteiger partial charge in [-0.25, -0.2) is 19.7 Å². The summed E-state index contributed by atoms with van der Waals surface area (Å²) in [7, 11) is 2.08. The zero-order chi connectivity index (χ0) is 29.3. The van der Waals surface area contributed by atoms with E-state index in [2.05, 4.69) is 59.8 Å². The largest absolute Gasteiger partial charge is 0.382 e. The number of ether oxygens (including phenoxy) is 3. The summed E-state index contributed by atoms with van der Waals surface area (Å²) in [6.07, 6.45) is 3.39. The first-order valence-electron chi connectivity index (χ1n) is 14.2. The molecular weight excluding hydrogens is 524 g/mol. The number of imidazole rings is 1. The zero-order valence-electron chi connectivity index (χ0n) is 24.5. The van der Waals surface area contributed by atoms with Crippen LogP contribution in [0.15, 0.2) is 36.9 Å². The number of nitrogens with zero attached hydrogens (tertiary/aromatic N) is 6. The molecule has 4 N–H and O–H groups in total. The molecule has 0 bridgehead atoms. The number of carbonyl (C=O) groups is 1. The number of hydrogen-bond donors (Lipinski definition) is 2. The predicted octanol–water partition coefficient (Wildman–Crippen LogP) is 3.17. The summed E-state index contributed by atoms with van der Waals surface area (Å²) >= 11 is 0. The van der Waals surface area contributed by atoms with Gasteiger partial charge in [-0.2, -0.15) is 0 Å². The molecule has 2 aliphatic heterocycles. The van der Waals surface area contributed by atoms with Gasteiger partial charge in [0, 0.05) is 24.3 Å². The fourth-order valence-electron chi connectivity index (χ4n) is 6.29. The van der Waals surface area contributed by atoms with E-state index in [1.54, 1.807) is 11.2 Å². The number of primary amides is 1. The second-order valence-electron chi connectivity index (χ2n) is 12.9. The Labute approximate surface area is 240 Å². The lowest BCUT2D eigenvalue weighted by atomic mass is 9.83. The Morgan fingerprint density at radius 1 is 1.07 bits per heavy atom. The molecule has 3 aromatic rings. The number of likely N-dealkylation sites (N-methyl/N-ethyl adjacent to an activating group) is 1. The quantitative estimate of drug-likeness (QED) is 0.461. The molecule has 41 heavy (non-hydrogen) atoms. The number of rotatable bonds is 6. The number of urea groups is 1. The third-order valence-corrected chi connectivity index (χ3v) is 8.58. The van der Waals surface area contributed by atoms with Crippen molar-refractivity contribution in [3.63, 3.8) is 0 Å². The minimum absolute atomic E-state index is 0.0377. The number of nitrogens with two attached hydrogens (primary N) is 2. The molecule has 4 atom stereocenters. The number of amides is 2. The molecule has 220 valence electrons. The number of nitrogen functional groups attached to an aromatic ring is 1. The van der Waals surface area contributed by atoms with Crippen LogP contribution in [0, 0.1) is 0 Å². The van der Waals surface area contributed by atoms with Crippen molar-refractivity contribution in [1.29, 1.82) is 0 Å². The van der Waals surface area contributed by atoms with Gasteiger partial charge in [0.05, 0.1) is 6.33 Å². The third-order valence-electron chi connectivity index (χ3n) is 8.58. The fourth-order valence-corrected chi connectivity index (χ4v) is 6.29. The molecule has 3 aliphatic rings. The predicted molar refractivity (Wildman–Crippen MR) is 154 cm³/mol. The summed E-state index contributed by atoms with van der Waals surface area (Å²) in [5.41, 5.74) is 15.1. The maximum absolute atomic E-state index is 12.5. The smallest absolute Gasteiger partial charge is 0.319 e. The first-order chi connectivity index (χ1) is 19.3. The Balaban J connectivity index is 1.14. The van der Waals surface area contributed by atoms with Crippen molar-refractivity contribution >= 4 is 28.7 Å². The summed E-state index contributed by atoms with van der Waals surface area (Å²) in [5.74, 6) is -0.428. The van der Waals surface area contributed by atoms with Gasteiger partial charge in [0.25, 0.3) is 0 Å². The number of fused-ring (bicyclic) bond motifs is 2. The first-order valence-corrected chi connectivity index (χ1v) is 14.2. The number of hydrogen-bond acceptors (Lipinski definition) is 9. The molecule has 0 radical (unpaired) electrons. The highest BCUT2D eigenvalue weighted by Crippen LogP contribution is 2.44. The van der Waals surface area contributed by atoms with Gasteiger partial charge < -0.3 is 30.6 Å². The van der Waals surface area contributed by atoms with Gasteiger partial charge in [0.15, 0.2) is 23.5 Å². The van der Waals surface area contributed by atoms with E-state index in [1.807, 2.05) is 30.5 Å². The number of anilines is 2. The summed E-state index contributed by atoms with van der Waals surface area (Å²) in [6.45, 7) is 11.0. The highest BCUT2D eigenvalue weighted by molar-refractivity contribution is 5.91. The van der Waals surface area contributed by atoms with E-state index in [0.29, 0.717) is 23.5 Å². The van der Waals surface area contributed by atoms with Crippen molar-refractivity contribution in [3.8, 4) is 0 Å². The molecule has 1 saturated carbocycles. The standard InChI is InChI=1S/C29H40N8O4/c1-28(2,3)16-7-9-17(10-8-16)37(27(31)38)19-11-18(12-19)35(6)13-20-22-23(41-29(4,5)40-22)26(39-20)36-15-34-21-24(30)32-14-33-25(21)36/h7-10,14-15,18-20,22-23,26H,11-13H2,1-6H3,(H2,31,38)(H2,30,32,33)/t18?,19?,20-,22-,23-,26-/m1/s1. The average molecular weight is 565 g/mol. The first kappa shape index (κ1) is 27.8. The van der Waals surface area contributed by atoms with Crippen molar-refractivity contribution in [3.05, 3.63) is 42.5 Å². The lowest BCUT2D eigenvalue weighted by Gasteiger charge is -2.46. The van der Waals surface area contributed by atoms with Crippen molar-refractivity contribution in [1.82, 2.24) is 24.4 Å². The van der Waals surface area contributed by atoms with Gasteiger partial charge in [0.2, 0.25) is 0 Å². The summed E-state index contributed by atoms with van der Waals surface area (Å²) in [4.78, 5) is 29.3. The monoisotopic (exact) mass is 564 g/mol. The van der Waals surface area contributed by atoms with Crippen LogP contribution in [-0.2, 0) is 19.6 Å². The van der Waals surface area contributed by atoms with Gasteiger partial charge in [-0.1, -0.05) is 32.9 Å². The lowest BCUT2D eigenvalue weighted by Crippen LogP contribution is -2.57. The Morgan fingerprint density at radius 3 is 2.41 bits per heavy atom. The Hall–Kier alpha value is -3.32. The highest BCUT2D eigenvalue weighted by atomic mass is 16.8.